The molecule has 0 unspecified atom stereocenters. The van der Waals surface area contributed by atoms with Crippen LogP contribution in [0.25, 0.3) is 17.1 Å². The summed E-state index contributed by atoms with van der Waals surface area (Å²) in [5, 5.41) is 8.30. The van der Waals surface area contributed by atoms with Crippen molar-refractivity contribution < 1.29 is 0 Å². The zero-order valence-electron chi connectivity index (χ0n) is 10.4. The number of hydrogen-bond donors (Lipinski definition) is 0. The third-order valence-corrected chi connectivity index (χ3v) is 3.52. The average Bonchev–Trinajstić information content (AvgIpc) is 2.91. The highest BCUT2D eigenvalue weighted by atomic mass is 79.9. The summed E-state index contributed by atoms with van der Waals surface area (Å²) >= 11 is 3.51. The minimum absolute atomic E-state index is 0.852. The van der Waals surface area contributed by atoms with E-state index in [1.165, 1.54) is 5.56 Å². The second kappa shape index (κ2) is 4.97. The van der Waals surface area contributed by atoms with Crippen molar-refractivity contribution in [1.82, 2.24) is 14.8 Å². The van der Waals surface area contributed by atoms with Crippen LogP contribution in [0.15, 0.2) is 59.3 Å². The normalized spacial score (nSPS) is 10.6. The topological polar surface area (TPSA) is 30.7 Å². The molecule has 0 spiro atoms. The molecule has 3 aromatic rings. The summed E-state index contributed by atoms with van der Waals surface area (Å²) in [6.07, 6.45) is 1.74. The molecule has 0 saturated heterocycles. The lowest BCUT2D eigenvalue weighted by molar-refractivity contribution is 1.06. The van der Waals surface area contributed by atoms with Crippen LogP contribution in [0.1, 0.15) is 5.56 Å². The summed E-state index contributed by atoms with van der Waals surface area (Å²) in [6, 6.07) is 16.3. The number of rotatable bonds is 2. The predicted octanol–water partition coefficient (Wildman–Crippen LogP) is 4.01. The number of para-hydroxylation sites is 1. The number of nitrogens with zero attached hydrogens (tertiary/aromatic N) is 3. The standard InChI is InChI=1S/C15H12BrN3/c1-11-7-8-12(16)9-14(11)15-18-17-10-19(15)13-5-3-2-4-6-13/h2-10H,1H3. The molecule has 0 bridgehead atoms. The highest BCUT2D eigenvalue weighted by Crippen LogP contribution is 2.26. The molecule has 0 atom stereocenters. The van der Waals surface area contributed by atoms with Crippen LogP contribution in [0.4, 0.5) is 0 Å². The Morgan fingerprint density at radius 2 is 1.84 bits per heavy atom. The van der Waals surface area contributed by atoms with E-state index in [0.29, 0.717) is 0 Å². The second-order valence-corrected chi connectivity index (χ2v) is 5.24. The average molecular weight is 314 g/mol. The van der Waals surface area contributed by atoms with E-state index in [1.54, 1.807) is 6.33 Å². The van der Waals surface area contributed by atoms with Crippen LogP contribution in [-0.2, 0) is 0 Å². The molecular weight excluding hydrogens is 302 g/mol. The van der Waals surface area contributed by atoms with Gasteiger partial charge in [0.05, 0.1) is 0 Å². The first-order chi connectivity index (χ1) is 9.25. The molecule has 19 heavy (non-hydrogen) atoms. The maximum Gasteiger partial charge on any atom is 0.168 e. The quantitative estimate of drug-likeness (QED) is 0.715. The van der Waals surface area contributed by atoms with Gasteiger partial charge in [-0.3, -0.25) is 4.57 Å². The molecule has 4 heteroatoms. The molecular formula is C15H12BrN3. The van der Waals surface area contributed by atoms with Gasteiger partial charge in [-0.1, -0.05) is 40.2 Å². The Morgan fingerprint density at radius 3 is 2.63 bits per heavy atom. The van der Waals surface area contributed by atoms with Crippen molar-refractivity contribution in [2.45, 2.75) is 6.92 Å². The lowest BCUT2D eigenvalue weighted by Gasteiger charge is -2.09. The van der Waals surface area contributed by atoms with Crippen LogP contribution in [0, 0.1) is 6.92 Å². The van der Waals surface area contributed by atoms with E-state index in [2.05, 4.69) is 45.2 Å². The number of aryl methyl sites for hydroxylation is 1. The summed E-state index contributed by atoms with van der Waals surface area (Å²) in [4.78, 5) is 0. The predicted molar refractivity (Wildman–Crippen MR) is 79.2 cm³/mol. The lowest BCUT2D eigenvalue weighted by atomic mass is 10.1. The molecule has 2 aromatic carbocycles. The molecule has 1 aromatic heterocycles. The zero-order chi connectivity index (χ0) is 13.2. The minimum atomic E-state index is 0.852. The van der Waals surface area contributed by atoms with Gasteiger partial charge in [0.1, 0.15) is 6.33 Å². The highest BCUT2D eigenvalue weighted by molar-refractivity contribution is 9.10. The van der Waals surface area contributed by atoms with Crippen LogP contribution in [0.3, 0.4) is 0 Å². The largest absolute Gasteiger partial charge is 0.282 e. The van der Waals surface area contributed by atoms with E-state index in [9.17, 15) is 0 Å². The van der Waals surface area contributed by atoms with Gasteiger partial charge in [0, 0.05) is 15.7 Å². The fourth-order valence-electron chi connectivity index (χ4n) is 2.03. The first-order valence-electron chi connectivity index (χ1n) is 5.97. The van der Waals surface area contributed by atoms with E-state index in [-0.39, 0.29) is 0 Å². The van der Waals surface area contributed by atoms with E-state index >= 15 is 0 Å². The summed E-state index contributed by atoms with van der Waals surface area (Å²) in [7, 11) is 0. The second-order valence-electron chi connectivity index (χ2n) is 4.32. The highest BCUT2D eigenvalue weighted by Gasteiger charge is 2.11. The van der Waals surface area contributed by atoms with E-state index in [0.717, 1.165) is 21.5 Å². The van der Waals surface area contributed by atoms with Crippen molar-refractivity contribution in [2.24, 2.45) is 0 Å². The maximum absolute atomic E-state index is 4.26. The minimum Gasteiger partial charge on any atom is -0.282 e. The summed E-state index contributed by atoms with van der Waals surface area (Å²) in [5.41, 5.74) is 3.31. The number of halogens is 1. The molecule has 0 N–H and O–H groups in total. The van der Waals surface area contributed by atoms with Gasteiger partial charge >= 0.3 is 0 Å². The van der Waals surface area contributed by atoms with Gasteiger partial charge in [-0.15, -0.1) is 10.2 Å². The molecule has 0 aliphatic heterocycles. The molecule has 0 radical (unpaired) electrons. The van der Waals surface area contributed by atoms with Gasteiger partial charge in [-0.2, -0.15) is 0 Å². The summed E-state index contributed by atoms with van der Waals surface area (Å²) in [5.74, 6) is 0.852. The van der Waals surface area contributed by atoms with Crippen LogP contribution in [0.5, 0.6) is 0 Å². The Labute approximate surface area is 120 Å². The van der Waals surface area contributed by atoms with Crippen molar-refractivity contribution in [3.8, 4) is 17.1 Å². The van der Waals surface area contributed by atoms with Crippen molar-refractivity contribution in [3.63, 3.8) is 0 Å². The smallest absolute Gasteiger partial charge is 0.168 e. The van der Waals surface area contributed by atoms with E-state index in [1.807, 2.05) is 41.0 Å². The lowest BCUT2D eigenvalue weighted by Crippen LogP contribution is -1.97. The van der Waals surface area contributed by atoms with E-state index < -0.39 is 0 Å². The molecule has 0 aliphatic carbocycles. The molecule has 0 amide bonds. The molecule has 94 valence electrons. The van der Waals surface area contributed by atoms with Crippen molar-refractivity contribution in [3.05, 3.63) is 64.9 Å². The molecule has 0 saturated carbocycles. The van der Waals surface area contributed by atoms with E-state index in [4.69, 9.17) is 0 Å². The molecule has 1 heterocycles. The first-order valence-corrected chi connectivity index (χ1v) is 6.77. The van der Waals surface area contributed by atoms with Crippen molar-refractivity contribution >= 4 is 15.9 Å². The Bertz CT molecular complexity index is 704. The third-order valence-electron chi connectivity index (χ3n) is 3.02. The Balaban J connectivity index is 2.18. The molecule has 0 fully saturated rings. The molecule has 0 aliphatic rings. The fraction of sp³-hybridized carbons (Fsp3) is 0.0667. The zero-order valence-corrected chi connectivity index (χ0v) is 12.0. The van der Waals surface area contributed by atoms with Crippen molar-refractivity contribution in [2.75, 3.05) is 0 Å². The molecule has 3 nitrogen and oxygen atoms in total. The van der Waals surface area contributed by atoms with Crippen LogP contribution in [-0.4, -0.2) is 14.8 Å². The van der Waals surface area contributed by atoms with Crippen LogP contribution in [0.2, 0.25) is 0 Å². The SMILES string of the molecule is Cc1ccc(Br)cc1-c1nncn1-c1ccccc1. The number of benzene rings is 2. The van der Waals surface area contributed by atoms with Crippen LogP contribution >= 0.6 is 15.9 Å². The van der Waals surface area contributed by atoms with Gasteiger partial charge in [0.2, 0.25) is 0 Å². The summed E-state index contributed by atoms with van der Waals surface area (Å²) in [6.45, 7) is 2.08. The summed E-state index contributed by atoms with van der Waals surface area (Å²) < 4.78 is 3.03. The van der Waals surface area contributed by atoms with Gasteiger partial charge in [0.15, 0.2) is 5.82 Å². The Hall–Kier alpha value is -1.94. The fourth-order valence-corrected chi connectivity index (χ4v) is 2.39. The Kier molecular flexibility index (Phi) is 3.17. The monoisotopic (exact) mass is 313 g/mol. The van der Waals surface area contributed by atoms with Gasteiger partial charge in [-0.25, -0.2) is 0 Å². The van der Waals surface area contributed by atoms with Crippen LogP contribution < -0.4 is 0 Å². The van der Waals surface area contributed by atoms with Crippen molar-refractivity contribution in [1.29, 1.82) is 0 Å². The first kappa shape index (κ1) is 12.1. The number of aromatic nitrogens is 3. The van der Waals surface area contributed by atoms with Gasteiger partial charge in [-0.05, 0) is 36.8 Å². The molecule has 3 rings (SSSR count). The van der Waals surface area contributed by atoms with Gasteiger partial charge in [0.25, 0.3) is 0 Å². The third kappa shape index (κ3) is 2.31. The maximum atomic E-state index is 4.26. The number of hydrogen-bond acceptors (Lipinski definition) is 2. The van der Waals surface area contributed by atoms with Gasteiger partial charge < -0.3 is 0 Å². The Morgan fingerprint density at radius 1 is 1.05 bits per heavy atom.